The van der Waals surface area contributed by atoms with Crippen LogP contribution >= 0.6 is 0 Å². The lowest BCUT2D eigenvalue weighted by Crippen LogP contribution is -2.43. The van der Waals surface area contributed by atoms with Gasteiger partial charge in [-0.05, 0) is 56.5 Å². The maximum absolute atomic E-state index is 14.3. The Morgan fingerprint density at radius 1 is 0.705 bits per heavy atom. The zero-order valence-electron chi connectivity index (χ0n) is 24.6. The molecular weight excluding hydrogens is 568 g/mol. The molecule has 0 amide bonds. The first-order valence-electron chi connectivity index (χ1n) is 15.1. The van der Waals surface area contributed by atoms with Crippen LogP contribution in [0.3, 0.4) is 0 Å². The van der Waals surface area contributed by atoms with E-state index in [0.717, 1.165) is 38.7 Å². The molecule has 2 saturated carbocycles. The van der Waals surface area contributed by atoms with E-state index in [2.05, 4.69) is 0 Å². The van der Waals surface area contributed by atoms with Crippen molar-refractivity contribution in [2.45, 2.75) is 33.1 Å². The third-order valence-corrected chi connectivity index (χ3v) is 12.1. The van der Waals surface area contributed by atoms with Crippen LogP contribution in [0.1, 0.15) is 33.1 Å². The second-order valence-corrected chi connectivity index (χ2v) is 14.6. The first-order valence-corrected chi connectivity index (χ1v) is 16.7. The van der Waals surface area contributed by atoms with E-state index in [1.54, 1.807) is 0 Å². The molecule has 6 aromatic rings. The van der Waals surface area contributed by atoms with E-state index in [4.69, 9.17) is 4.18 Å². The monoisotopic (exact) mass is 600 g/mol. The summed E-state index contributed by atoms with van der Waals surface area (Å²) in [5, 5.41) is 18.5. The van der Waals surface area contributed by atoms with Crippen molar-refractivity contribution in [1.29, 1.82) is 0 Å². The maximum atomic E-state index is 14.3. The van der Waals surface area contributed by atoms with Crippen molar-refractivity contribution in [3.63, 3.8) is 0 Å². The van der Waals surface area contributed by atoms with Gasteiger partial charge in [-0.2, -0.15) is 8.42 Å². The minimum absolute atomic E-state index is 0.0210. The summed E-state index contributed by atoms with van der Waals surface area (Å²) < 4.78 is 34.8. The Labute approximate surface area is 256 Å². The topological polar surface area (TPSA) is 80.7 Å². The molecule has 2 aliphatic carbocycles. The molecule has 0 saturated heterocycles. The van der Waals surface area contributed by atoms with Gasteiger partial charge >= 0.3 is 10.1 Å². The van der Waals surface area contributed by atoms with Crippen molar-refractivity contribution in [2.24, 2.45) is 16.7 Å². The van der Waals surface area contributed by atoms with Gasteiger partial charge in [0, 0.05) is 28.3 Å². The van der Waals surface area contributed by atoms with Gasteiger partial charge in [-0.25, -0.2) is 0 Å². The number of phenolic OH excluding ortho intramolecular Hbond substituents is 1. The molecule has 0 spiro atoms. The van der Waals surface area contributed by atoms with Gasteiger partial charge in [-0.3, -0.25) is 4.79 Å². The lowest BCUT2D eigenvalue weighted by molar-refractivity contribution is -0.128. The van der Waals surface area contributed by atoms with Gasteiger partial charge in [0.05, 0.1) is 11.2 Å². The molecule has 2 bridgehead atoms. The second kappa shape index (κ2) is 9.29. The van der Waals surface area contributed by atoms with Crippen molar-refractivity contribution in [3.8, 4) is 22.6 Å². The number of hydrogen-bond acceptors (Lipinski definition) is 5. The standard InChI is InChI=1S/C38H32O5S/c1-37(2)23-19-20-38(37,32(39)21-23)22-44(41,42)43-36-31-18-10-6-14-27(31)25-12-4-8-16-29(25)34(36)33-28-15-7-3-11-24(28)26-13-5-9-17-30(26)35(33)40/h3-18,23,40H,19-22H2,1-2H3/t23-,38-/m1/s1. The smallest absolute Gasteiger partial charge is 0.310 e. The number of phenols is 1. The normalized spacial score (nSPS) is 21.1. The van der Waals surface area contributed by atoms with Gasteiger partial charge in [0.25, 0.3) is 0 Å². The molecule has 6 heteroatoms. The van der Waals surface area contributed by atoms with E-state index in [1.165, 1.54) is 0 Å². The fourth-order valence-corrected chi connectivity index (χ4v) is 10.2. The van der Waals surface area contributed by atoms with Crippen LogP contribution in [-0.4, -0.2) is 25.1 Å². The zero-order chi connectivity index (χ0) is 30.4. The molecule has 0 aliphatic heterocycles. The van der Waals surface area contributed by atoms with Crippen molar-refractivity contribution >= 4 is 59.0 Å². The first-order chi connectivity index (χ1) is 21.1. The summed E-state index contributed by atoms with van der Waals surface area (Å²) in [7, 11) is -4.27. The van der Waals surface area contributed by atoms with E-state index in [1.807, 2.05) is 111 Å². The molecule has 0 heterocycles. The Morgan fingerprint density at radius 2 is 1.16 bits per heavy atom. The number of carbonyl (C=O) groups is 1. The summed E-state index contributed by atoms with van der Waals surface area (Å²) in [6.45, 7) is 4.06. The quantitative estimate of drug-likeness (QED) is 0.158. The summed E-state index contributed by atoms with van der Waals surface area (Å²) >= 11 is 0. The van der Waals surface area contributed by atoms with E-state index in [9.17, 15) is 18.3 Å². The zero-order valence-corrected chi connectivity index (χ0v) is 25.4. The molecule has 0 aromatic heterocycles. The first kappa shape index (κ1) is 27.2. The Hall–Kier alpha value is -4.42. The number of hydrogen-bond donors (Lipinski definition) is 1. The number of benzene rings is 6. The number of aromatic hydroxyl groups is 1. The van der Waals surface area contributed by atoms with Crippen LogP contribution in [0.4, 0.5) is 0 Å². The second-order valence-electron chi connectivity index (χ2n) is 13.1. The fourth-order valence-electron chi connectivity index (χ4n) is 8.39. The van der Waals surface area contributed by atoms with Crippen LogP contribution in [0.25, 0.3) is 54.2 Å². The molecule has 6 aromatic carbocycles. The van der Waals surface area contributed by atoms with Gasteiger partial charge < -0.3 is 9.29 Å². The van der Waals surface area contributed by atoms with Gasteiger partial charge in [-0.1, -0.05) is 111 Å². The van der Waals surface area contributed by atoms with E-state index < -0.39 is 20.9 Å². The summed E-state index contributed by atoms with van der Waals surface area (Å²) in [6, 6.07) is 31.0. The summed E-state index contributed by atoms with van der Waals surface area (Å²) in [6.07, 6.45) is 1.81. The molecule has 1 N–H and O–H groups in total. The number of carbonyl (C=O) groups excluding carboxylic acids is 1. The lowest BCUT2D eigenvalue weighted by atomic mass is 9.70. The highest BCUT2D eigenvalue weighted by Gasteiger charge is 2.65. The van der Waals surface area contributed by atoms with Crippen LogP contribution < -0.4 is 4.18 Å². The predicted octanol–water partition coefficient (Wildman–Crippen LogP) is 8.78. The van der Waals surface area contributed by atoms with Crippen LogP contribution in [0, 0.1) is 16.7 Å². The lowest BCUT2D eigenvalue weighted by Gasteiger charge is -2.35. The third kappa shape index (κ3) is 3.64. The highest BCUT2D eigenvalue weighted by Crippen LogP contribution is 2.64. The fraction of sp³-hybridized carbons (Fsp3) is 0.237. The molecule has 0 unspecified atom stereocenters. The molecule has 2 atom stereocenters. The number of rotatable bonds is 5. The van der Waals surface area contributed by atoms with Crippen molar-refractivity contribution in [1.82, 2.24) is 0 Å². The average molecular weight is 601 g/mol. The van der Waals surface area contributed by atoms with Crippen LogP contribution in [-0.2, 0) is 14.9 Å². The molecular formula is C38H32O5S. The molecule has 220 valence electrons. The van der Waals surface area contributed by atoms with E-state index in [0.29, 0.717) is 34.7 Å². The SMILES string of the molecule is CC1(C)[C@@H]2CC[C@@]1(CS(=O)(=O)Oc1c(-c3c(O)c4ccccc4c4ccccc34)c3ccccc3c3ccccc13)C(=O)C2. The van der Waals surface area contributed by atoms with Gasteiger partial charge in [-0.15, -0.1) is 0 Å². The molecule has 2 fully saturated rings. The van der Waals surface area contributed by atoms with Crippen LogP contribution in [0.15, 0.2) is 97.1 Å². The van der Waals surface area contributed by atoms with Gasteiger partial charge in [0.2, 0.25) is 0 Å². The molecule has 2 aliphatic rings. The van der Waals surface area contributed by atoms with Crippen molar-refractivity contribution in [3.05, 3.63) is 97.1 Å². The summed E-state index contributed by atoms with van der Waals surface area (Å²) in [5.74, 6) is 0.0688. The highest BCUT2D eigenvalue weighted by molar-refractivity contribution is 7.87. The van der Waals surface area contributed by atoms with E-state index >= 15 is 0 Å². The van der Waals surface area contributed by atoms with Crippen molar-refractivity contribution in [2.75, 3.05) is 5.75 Å². The number of Topliss-reactive ketones (excluding diaryl/α,β-unsaturated/α-hetero) is 1. The van der Waals surface area contributed by atoms with Crippen LogP contribution in [0.5, 0.6) is 11.5 Å². The maximum Gasteiger partial charge on any atom is 0.310 e. The van der Waals surface area contributed by atoms with Crippen molar-refractivity contribution < 1.29 is 22.5 Å². The number of ketones is 1. The highest BCUT2D eigenvalue weighted by atomic mass is 32.2. The largest absolute Gasteiger partial charge is 0.507 e. The molecule has 8 rings (SSSR count). The number of fused-ring (bicyclic) bond motifs is 8. The average Bonchev–Trinajstić information content (AvgIpc) is 3.36. The Bertz CT molecular complexity index is 2300. The molecule has 0 radical (unpaired) electrons. The van der Waals surface area contributed by atoms with Gasteiger partial charge in [0.15, 0.2) is 5.75 Å². The summed E-state index contributed by atoms with van der Waals surface area (Å²) in [5.41, 5.74) is -0.369. The van der Waals surface area contributed by atoms with Gasteiger partial charge in [0.1, 0.15) is 11.5 Å². The predicted molar refractivity (Wildman–Crippen MR) is 177 cm³/mol. The Kier molecular flexibility index (Phi) is 5.73. The minimum Gasteiger partial charge on any atom is -0.507 e. The molecule has 44 heavy (non-hydrogen) atoms. The minimum atomic E-state index is -4.27. The molecule has 5 nitrogen and oxygen atoms in total. The summed E-state index contributed by atoms with van der Waals surface area (Å²) in [4.78, 5) is 13.3. The Balaban J connectivity index is 1.45. The van der Waals surface area contributed by atoms with E-state index in [-0.39, 0.29) is 29.0 Å². The van der Waals surface area contributed by atoms with Crippen LogP contribution in [0.2, 0.25) is 0 Å². The third-order valence-electron chi connectivity index (χ3n) is 10.8. The Morgan fingerprint density at radius 3 is 1.68 bits per heavy atom.